The molecule has 10 heteroatoms. The van der Waals surface area contributed by atoms with Gasteiger partial charge in [-0.3, -0.25) is 19.9 Å². The first-order valence-corrected chi connectivity index (χ1v) is 6.49. The van der Waals surface area contributed by atoms with Gasteiger partial charge >= 0.3 is 16.9 Å². The second kappa shape index (κ2) is 5.85. The molecule has 114 valence electrons. The molecule has 2 aromatic rings. The molecular weight excluding hydrogens is 362 g/mol. The Morgan fingerprint density at radius 2 is 1.82 bits per heavy atom. The maximum absolute atomic E-state index is 11.4. The summed E-state index contributed by atoms with van der Waals surface area (Å²) < 4.78 is 0.291. The average molecular weight is 370 g/mol. The lowest BCUT2D eigenvalue weighted by molar-refractivity contribution is -0.386. The molecule has 0 amide bonds. The largest absolute Gasteiger partial charge is 0.507 e. The first-order chi connectivity index (χ1) is 10.3. The second-order valence-corrected chi connectivity index (χ2v) is 4.98. The molecule has 0 aliphatic carbocycles. The smallest absolute Gasteiger partial charge is 0.357 e. The summed E-state index contributed by atoms with van der Waals surface area (Å²) in [5.41, 5.74) is -2.97. The molecule has 0 aliphatic rings. The number of nitrogens with one attached hydrogen (secondary N) is 2. The lowest BCUT2D eigenvalue weighted by Crippen LogP contribution is -2.25. The van der Waals surface area contributed by atoms with Crippen LogP contribution in [0.25, 0.3) is 12.2 Å². The van der Waals surface area contributed by atoms with Gasteiger partial charge in [-0.1, -0.05) is 0 Å². The number of hydrogen-bond acceptors (Lipinski definition) is 6. The van der Waals surface area contributed by atoms with Gasteiger partial charge in [0, 0.05) is 11.6 Å². The molecule has 22 heavy (non-hydrogen) atoms. The van der Waals surface area contributed by atoms with Gasteiger partial charge in [-0.25, -0.2) is 4.79 Å². The van der Waals surface area contributed by atoms with E-state index in [1.54, 1.807) is 4.98 Å². The van der Waals surface area contributed by atoms with E-state index in [4.69, 9.17) is 0 Å². The number of H-pyrrole nitrogens is 2. The van der Waals surface area contributed by atoms with Crippen LogP contribution in [0, 0.1) is 10.1 Å². The van der Waals surface area contributed by atoms with Crippen molar-refractivity contribution in [3.05, 3.63) is 58.8 Å². The number of halogens is 1. The predicted molar refractivity (Wildman–Crippen MR) is 80.7 cm³/mol. The van der Waals surface area contributed by atoms with Crippen LogP contribution in [0.15, 0.2) is 26.2 Å². The molecule has 0 atom stereocenters. The number of benzene rings is 1. The number of rotatable bonds is 3. The van der Waals surface area contributed by atoms with Gasteiger partial charge in [0.1, 0.15) is 17.2 Å². The monoisotopic (exact) mass is 369 g/mol. The maximum Gasteiger partial charge on any atom is 0.357 e. The summed E-state index contributed by atoms with van der Waals surface area (Å²) in [7, 11) is 0. The highest BCUT2D eigenvalue weighted by atomic mass is 79.9. The number of nitro groups is 1. The normalized spacial score (nSPS) is 11.0. The standard InChI is InChI=1S/C12H8BrN3O6/c13-6-3-5(8(17)4-9(6)18)1-2-7-10(16(21)22)11(19)15-12(20)14-7/h1-4,17-18H,(H2,14,15,19,20). The van der Waals surface area contributed by atoms with E-state index in [1.807, 2.05) is 0 Å². The van der Waals surface area contributed by atoms with E-state index in [9.17, 15) is 29.9 Å². The number of hydrogen-bond donors (Lipinski definition) is 4. The summed E-state index contributed by atoms with van der Waals surface area (Å²) in [6, 6.07) is 2.43. The van der Waals surface area contributed by atoms with Crippen LogP contribution in [0.1, 0.15) is 11.3 Å². The SMILES string of the molecule is O=c1[nH]c(C=Cc2cc(Br)c(O)cc2O)c([N+](=O)[O-])c(=O)[nH]1. The fourth-order valence-corrected chi connectivity index (χ4v) is 2.03. The Hall–Kier alpha value is -2.88. The molecular formula is C12H8BrN3O6. The summed E-state index contributed by atoms with van der Waals surface area (Å²) in [6.07, 6.45) is 2.35. The third kappa shape index (κ3) is 3.06. The molecule has 2 rings (SSSR count). The van der Waals surface area contributed by atoms with Gasteiger partial charge in [0.15, 0.2) is 0 Å². The topological polar surface area (TPSA) is 149 Å². The Bertz CT molecular complexity index is 899. The Morgan fingerprint density at radius 3 is 2.45 bits per heavy atom. The molecule has 4 N–H and O–H groups in total. The third-order valence-electron chi connectivity index (χ3n) is 2.65. The molecule has 1 aromatic carbocycles. The minimum atomic E-state index is -1.13. The van der Waals surface area contributed by atoms with Crippen molar-refractivity contribution in [3.63, 3.8) is 0 Å². The van der Waals surface area contributed by atoms with Crippen LogP contribution < -0.4 is 11.2 Å². The summed E-state index contributed by atoms with van der Waals surface area (Å²) in [4.78, 5) is 36.5. The molecule has 0 fully saturated rings. The van der Waals surface area contributed by atoms with Gasteiger partial charge in [-0.2, -0.15) is 0 Å². The van der Waals surface area contributed by atoms with Crippen molar-refractivity contribution in [1.29, 1.82) is 0 Å². The minimum absolute atomic E-state index is 0.190. The lowest BCUT2D eigenvalue weighted by atomic mass is 10.1. The van der Waals surface area contributed by atoms with Crippen LogP contribution in [-0.4, -0.2) is 25.1 Å². The second-order valence-electron chi connectivity index (χ2n) is 4.12. The Kier molecular flexibility index (Phi) is 4.13. The number of aromatic nitrogens is 2. The molecule has 0 saturated carbocycles. The number of aromatic amines is 2. The van der Waals surface area contributed by atoms with E-state index < -0.39 is 21.9 Å². The van der Waals surface area contributed by atoms with Crippen molar-refractivity contribution in [2.24, 2.45) is 0 Å². The zero-order valence-electron chi connectivity index (χ0n) is 10.7. The molecule has 0 spiro atoms. The van der Waals surface area contributed by atoms with Crippen LogP contribution in [0.3, 0.4) is 0 Å². The summed E-state index contributed by atoms with van der Waals surface area (Å²) in [6.45, 7) is 0. The van der Waals surface area contributed by atoms with E-state index >= 15 is 0 Å². The maximum atomic E-state index is 11.4. The van der Waals surface area contributed by atoms with Gasteiger partial charge in [-0.15, -0.1) is 0 Å². The van der Waals surface area contributed by atoms with Crippen LogP contribution in [0.2, 0.25) is 0 Å². The van der Waals surface area contributed by atoms with Crippen molar-refractivity contribution in [1.82, 2.24) is 9.97 Å². The van der Waals surface area contributed by atoms with E-state index in [1.165, 1.54) is 12.1 Å². The highest BCUT2D eigenvalue weighted by molar-refractivity contribution is 9.10. The zero-order chi connectivity index (χ0) is 16.4. The van der Waals surface area contributed by atoms with E-state index in [2.05, 4.69) is 20.9 Å². The molecule has 1 heterocycles. The third-order valence-corrected chi connectivity index (χ3v) is 3.29. The van der Waals surface area contributed by atoms with Crippen LogP contribution in [0.4, 0.5) is 5.69 Å². The average Bonchev–Trinajstić information content (AvgIpc) is 2.40. The lowest BCUT2D eigenvalue weighted by Gasteiger charge is -2.02. The summed E-state index contributed by atoms with van der Waals surface area (Å²) in [5, 5.41) is 29.9. The molecule has 0 saturated heterocycles. The molecule has 0 bridgehead atoms. The number of phenolic OH excluding ortho intramolecular Hbond substituents is 2. The molecule has 9 nitrogen and oxygen atoms in total. The molecule has 1 aromatic heterocycles. The minimum Gasteiger partial charge on any atom is -0.507 e. The zero-order valence-corrected chi connectivity index (χ0v) is 12.2. The number of nitrogens with zero attached hydrogens (tertiary/aromatic N) is 1. The van der Waals surface area contributed by atoms with Gasteiger partial charge in [0.05, 0.1) is 9.40 Å². The fourth-order valence-electron chi connectivity index (χ4n) is 1.67. The van der Waals surface area contributed by atoms with Crippen molar-refractivity contribution in [2.75, 3.05) is 0 Å². The van der Waals surface area contributed by atoms with Crippen LogP contribution >= 0.6 is 15.9 Å². The Balaban J connectivity index is 2.56. The number of phenols is 2. The van der Waals surface area contributed by atoms with Gasteiger partial charge < -0.3 is 15.2 Å². The van der Waals surface area contributed by atoms with Crippen molar-refractivity contribution < 1.29 is 15.1 Å². The van der Waals surface area contributed by atoms with E-state index in [0.717, 1.165) is 12.1 Å². The van der Waals surface area contributed by atoms with E-state index in [0.29, 0.717) is 4.47 Å². The number of aromatic hydroxyl groups is 2. The van der Waals surface area contributed by atoms with Crippen LogP contribution in [-0.2, 0) is 0 Å². The van der Waals surface area contributed by atoms with Crippen molar-refractivity contribution in [2.45, 2.75) is 0 Å². The van der Waals surface area contributed by atoms with E-state index in [-0.39, 0.29) is 22.8 Å². The Morgan fingerprint density at radius 1 is 1.14 bits per heavy atom. The predicted octanol–water partition coefficient (Wildman–Crippen LogP) is 1.32. The highest BCUT2D eigenvalue weighted by Crippen LogP contribution is 2.32. The first-order valence-electron chi connectivity index (χ1n) is 5.70. The van der Waals surface area contributed by atoms with Crippen LogP contribution in [0.5, 0.6) is 11.5 Å². The molecule has 0 aliphatic heterocycles. The highest BCUT2D eigenvalue weighted by Gasteiger charge is 2.18. The van der Waals surface area contributed by atoms with Crippen molar-refractivity contribution in [3.8, 4) is 11.5 Å². The van der Waals surface area contributed by atoms with Crippen molar-refractivity contribution >= 4 is 33.8 Å². The Labute approximate surface area is 129 Å². The van der Waals surface area contributed by atoms with Gasteiger partial charge in [0.2, 0.25) is 0 Å². The van der Waals surface area contributed by atoms with Gasteiger partial charge in [0.25, 0.3) is 0 Å². The quantitative estimate of drug-likeness (QED) is 0.473. The first kappa shape index (κ1) is 15.5. The summed E-state index contributed by atoms with van der Waals surface area (Å²) in [5.74, 6) is -0.475. The summed E-state index contributed by atoms with van der Waals surface area (Å²) >= 11 is 3.05. The fraction of sp³-hybridized carbons (Fsp3) is 0. The van der Waals surface area contributed by atoms with Gasteiger partial charge in [-0.05, 0) is 34.1 Å². The molecule has 0 unspecified atom stereocenters. The molecule has 0 radical (unpaired) electrons.